The number of nitrogens with zero attached hydrogens (tertiary/aromatic N) is 1. The minimum Gasteiger partial charge on any atom is -0.340 e. The lowest BCUT2D eigenvalue weighted by Crippen LogP contribution is -2.56. The highest BCUT2D eigenvalue weighted by atomic mass is 19.4. The molecule has 0 saturated carbocycles. The van der Waals surface area contributed by atoms with Gasteiger partial charge in [0, 0.05) is 13.1 Å². The molecule has 21 heavy (non-hydrogen) atoms. The molecular formula is C14H23F3N2O2. The van der Waals surface area contributed by atoms with Crippen LogP contribution in [0.5, 0.6) is 0 Å². The second kappa shape index (κ2) is 5.50. The number of nitrogens with one attached hydrogen (secondary N) is 1. The fourth-order valence-corrected chi connectivity index (χ4v) is 2.34. The summed E-state index contributed by atoms with van der Waals surface area (Å²) in [5.41, 5.74) is -0.850. The first-order valence-electron chi connectivity index (χ1n) is 6.90. The molecule has 0 spiro atoms. The van der Waals surface area contributed by atoms with Crippen LogP contribution in [0.25, 0.3) is 0 Å². The smallest absolute Gasteiger partial charge is 0.340 e. The van der Waals surface area contributed by atoms with Gasteiger partial charge in [-0.2, -0.15) is 13.2 Å². The van der Waals surface area contributed by atoms with Crippen LogP contribution in [0.15, 0.2) is 0 Å². The summed E-state index contributed by atoms with van der Waals surface area (Å²) >= 11 is 0. The SMILES string of the molecule is CC1(C)CCN(C(=O)[C@@H](NC(=O)C(F)(F)F)C(C)(C)C)C1. The van der Waals surface area contributed by atoms with Gasteiger partial charge in [0.2, 0.25) is 5.91 Å². The number of rotatable bonds is 2. The van der Waals surface area contributed by atoms with Crippen LogP contribution in [-0.4, -0.2) is 42.0 Å². The maximum atomic E-state index is 12.5. The summed E-state index contributed by atoms with van der Waals surface area (Å²) < 4.78 is 37.3. The maximum Gasteiger partial charge on any atom is 0.471 e. The molecule has 0 aromatic heterocycles. The first-order valence-corrected chi connectivity index (χ1v) is 6.90. The van der Waals surface area contributed by atoms with Crippen molar-refractivity contribution in [2.24, 2.45) is 10.8 Å². The van der Waals surface area contributed by atoms with Gasteiger partial charge in [-0.15, -0.1) is 0 Å². The molecule has 0 aromatic rings. The number of amides is 2. The van der Waals surface area contributed by atoms with Gasteiger partial charge in [0.25, 0.3) is 0 Å². The van der Waals surface area contributed by atoms with E-state index in [0.29, 0.717) is 13.1 Å². The third kappa shape index (κ3) is 4.61. The van der Waals surface area contributed by atoms with Gasteiger partial charge in [0.05, 0.1) is 0 Å². The highest BCUT2D eigenvalue weighted by Gasteiger charge is 2.45. The highest BCUT2D eigenvalue weighted by Crippen LogP contribution is 2.31. The summed E-state index contributed by atoms with van der Waals surface area (Å²) in [4.78, 5) is 25.2. The largest absolute Gasteiger partial charge is 0.471 e. The molecule has 2 amide bonds. The van der Waals surface area contributed by atoms with Crippen LogP contribution in [0.2, 0.25) is 0 Å². The first kappa shape index (κ1) is 17.8. The average Bonchev–Trinajstić information content (AvgIpc) is 2.62. The van der Waals surface area contributed by atoms with Gasteiger partial charge in [-0.1, -0.05) is 34.6 Å². The molecule has 1 fully saturated rings. The number of alkyl halides is 3. The predicted molar refractivity (Wildman–Crippen MR) is 72.4 cm³/mol. The number of hydrogen-bond acceptors (Lipinski definition) is 2. The molecule has 0 aliphatic carbocycles. The second-order valence-corrected chi connectivity index (χ2v) is 7.44. The van der Waals surface area contributed by atoms with E-state index >= 15 is 0 Å². The third-order valence-electron chi connectivity index (χ3n) is 3.63. The molecule has 122 valence electrons. The zero-order valence-corrected chi connectivity index (χ0v) is 13.1. The molecule has 0 unspecified atom stereocenters. The minimum atomic E-state index is -4.99. The number of likely N-dealkylation sites (tertiary alicyclic amines) is 1. The standard InChI is InChI=1S/C14H23F3N2O2/c1-12(2,3)9(18-11(21)14(15,16)17)10(20)19-7-6-13(4,5)8-19/h9H,6-8H2,1-5H3,(H,18,21)/t9-/m1/s1. The lowest BCUT2D eigenvalue weighted by Gasteiger charge is -2.34. The Labute approximate surface area is 123 Å². The van der Waals surface area contributed by atoms with Gasteiger partial charge >= 0.3 is 12.1 Å². The quantitative estimate of drug-likeness (QED) is 0.851. The third-order valence-corrected chi connectivity index (χ3v) is 3.63. The van der Waals surface area contributed by atoms with Crippen molar-refractivity contribution in [1.29, 1.82) is 0 Å². The lowest BCUT2D eigenvalue weighted by molar-refractivity contribution is -0.176. The zero-order valence-electron chi connectivity index (χ0n) is 13.1. The van der Waals surface area contributed by atoms with E-state index in [1.54, 1.807) is 20.8 Å². The molecule has 0 aromatic carbocycles. The molecule has 1 rings (SSSR count). The van der Waals surface area contributed by atoms with Crippen LogP contribution in [0.1, 0.15) is 41.0 Å². The van der Waals surface area contributed by atoms with Crippen molar-refractivity contribution in [1.82, 2.24) is 10.2 Å². The van der Waals surface area contributed by atoms with Crippen molar-refractivity contribution in [3.05, 3.63) is 0 Å². The van der Waals surface area contributed by atoms with E-state index in [9.17, 15) is 22.8 Å². The fraction of sp³-hybridized carbons (Fsp3) is 0.857. The van der Waals surface area contributed by atoms with Crippen molar-refractivity contribution < 1.29 is 22.8 Å². The zero-order chi connectivity index (χ0) is 16.6. The van der Waals surface area contributed by atoms with E-state index in [4.69, 9.17) is 0 Å². The second-order valence-electron chi connectivity index (χ2n) is 7.44. The monoisotopic (exact) mass is 308 g/mol. The van der Waals surface area contributed by atoms with Crippen LogP contribution >= 0.6 is 0 Å². The molecule has 0 radical (unpaired) electrons. The van der Waals surface area contributed by atoms with Crippen molar-refractivity contribution in [3.8, 4) is 0 Å². The van der Waals surface area contributed by atoms with Gasteiger partial charge in [-0.3, -0.25) is 9.59 Å². The van der Waals surface area contributed by atoms with Crippen LogP contribution in [0, 0.1) is 10.8 Å². The molecule has 1 saturated heterocycles. The molecule has 4 nitrogen and oxygen atoms in total. The molecule has 1 aliphatic rings. The highest BCUT2D eigenvalue weighted by molar-refractivity contribution is 5.90. The van der Waals surface area contributed by atoms with Crippen LogP contribution < -0.4 is 5.32 Å². The Balaban J connectivity index is 2.89. The van der Waals surface area contributed by atoms with Gasteiger partial charge in [-0.05, 0) is 17.3 Å². The van der Waals surface area contributed by atoms with Gasteiger partial charge < -0.3 is 10.2 Å². The summed E-state index contributed by atoms with van der Waals surface area (Å²) in [6.07, 6.45) is -4.20. The van der Waals surface area contributed by atoms with Crippen LogP contribution in [-0.2, 0) is 9.59 Å². The molecule has 1 N–H and O–H groups in total. The number of carbonyl (C=O) groups is 2. The average molecular weight is 308 g/mol. The van der Waals surface area contributed by atoms with Crippen LogP contribution in [0.4, 0.5) is 13.2 Å². The summed E-state index contributed by atoms with van der Waals surface area (Å²) in [5, 5.41) is 1.85. The Kier molecular flexibility index (Phi) is 4.65. The Bertz CT molecular complexity index is 425. The van der Waals surface area contributed by atoms with Crippen molar-refractivity contribution in [3.63, 3.8) is 0 Å². The van der Waals surface area contributed by atoms with E-state index < -0.39 is 29.4 Å². The van der Waals surface area contributed by atoms with Gasteiger partial charge in [0.1, 0.15) is 6.04 Å². The van der Waals surface area contributed by atoms with Crippen molar-refractivity contribution in [2.45, 2.75) is 53.3 Å². The molecule has 1 aliphatic heterocycles. The summed E-state index contributed by atoms with van der Waals surface area (Å²) in [6.45, 7) is 9.89. The summed E-state index contributed by atoms with van der Waals surface area (Å²) in [7, 11) is 0. The maximum absolute atomic E-state index is 12.5. The van der Waals surface area contributed by atoms with E-state index in [0.717, 1.165) is 6.42 Å². The molecule has 1 heterocycles. The minimum absolute atomic E-state index is 0.0495. The number of halogens is 3. The Morgan fingerprint density at radius 2 is 1.71 bits per heavy atom. The molecule has 7 heteroatoms. The normalized spacial score (nSPS) is 20.3. The molecular weight excluding hydrogens is 285 g/mol. The van der Waals surface area contributed by atoms with Gasteiger partial charge in [0.15, 0.2) is 0 Å². The van der Waals surface area contributed by atoms with Crippen molar-refractivity contribution >= 4 is 11.8 Å². The van der Waals surface area contributed by atoms with Crippen molar-refractivity contribution in [2.75, 3.05) is 13.1 Å². The Morgan fingerprint density at radius 3 is 2.05 bits per heavy atom. The van der Waals surface area contributed by atoms with E-state index in [2.05, 4.69) is 0 Å². The summed E-state index contributed by atoms with van der Waals surface area (Å²) in [6, 6.07) is -1.19. The van der Waals surface area contributed by atoms with Crippen LogP contribution in [0.3, 0.4) is 0 Å². The summed E-state index contributed by atoms with van der Waals surface area (Å²) in [5.74, 6) is -2.53. The number of hydrogen-bond donors (Lipinski definition) is 1. The molecule has 0 bridgehead atoms. The number of carbonyl (C=O) groups excluding carboxylic acids is 2. The lowest BCUT2D eigenvalue weighted by atomic mass is 9.85. The topological polar surface area (TPSA) is 49.4 Å². The predicted octanol–water partition coefficient (Wildman–Crippen LogP) is 2.34. The first-order chi connectivity index (χ1) is 9.24. The molecule has 1 atom stereocenters. The Hall–Kier alpha value is -1.27. The van der Waals surface area contributed by atoms with E-state index in [1.165, 1.54) is 4.90 Å². The van der Waals surface area contributed by atoms with Gasteiger partial charge in [-0.25, -0.2) is 0 Å². The van der Waals surface area contributed by atoms with E-state index in [-0.39, 0.29) is 5.41 Å². The Morgan fingerprint density at radius 1 is 1.19 bits per heavy atom. The van der Waals surface area contributed by atoms with E-state index in [1.807, 2.05) is 19.2 Å². The fourth-order valence-electron chi connectivity index (χ4n) is 2.34.